The fourth-order valence-corrected chi connectivity index (χ4v) is 3.78. The van der Waals surface area contributed by atoms with E-state index in [9.17, 15) is 13.2 Å². The highest BCUT2D eigenvalue weighted by Gasteiger charge is 2.34. The van der Waals surface area contributed by atoms with Gasteiger partial charge < -0.3 is 9.80 Å². The summed E-state index contributed by atoms with van der Waals surface area (Å²) in [7, 11) is -1.56. The molecule has 2 N–H and O–H groups in total. The Morgan fingerprint density at radius 3 is 2.25 bits per heavy atom. The molecule has 0 aliphatic carbocycles. The largest absolute Gasteiger partial charge is 0.337 e. The molecule has 0 radical (unpaired) electrons. The van der Waals surface area contributed by atoms with Crippen LogP contribution in [-0.2, 0) is 15.0 Å². The molecule has 20 heavy (non-hydrogen) atoms. The van der Waals surface area contributed by atoms with Gasteiger partial charge in [-0.05, 0) is 26.8 Å². The van der Waals surface area contributed by atoms with Crippen molar-refractivity contribution in [1.29, 1.82) is 0 Å². The van der Waals surface area contributed by atoms with Gasteiger partial charge in [-0.2, -0.15) is 12.7 Å². The van der Waals surface area contributed by atoms with Crippen LogP contribution in [0.1, 0.15) is 19.8 Å². The van der Waals surface area contributed by atoms with Crippen molar-refractivity contribution in [2.45, 2.75) is 25.8 Å². The third-order valence-corrected chi connectivity index (χ3v) is 5.36. The molecule has 0 bridgehead atoms. The second-order valence-corrected chi connectivity index (χ2v) is 7.41. The molecule has 0 aromatic rings. The number of carbonyl (C=O) groups excluding carboxylic acids is 1. The molecule has 2 aliphatic heterocycles. The number of likely N-dealkylation sites (N-methyl/N-ethyl adjacent to an activating group) is 1. The summed E-state index contributed by atoms with van der Waals surface area (Å²) in [5.41, 5.74) is 0. The van der Waals surface area contributed by atoms with Crippen LogP contribution in [0.25, 0.3) is 0 Å². The van der Waals surface area contributed by atoms with Gasteiger partial charge in [0.25, 0.3) is 10.2 Å². The average Bonchev–Trinajstić information content (AvgIpc) is 2.37. The van der Waals surface area contributed by atoms with E-state index in [1.807, 2.05) is 4.90 Å². The second kappa shape index (κ2) is 5.97. The lowest BCUT2D eigenvalue weighted by molar-refractivity contribution is -0.141. The van der Waals surface area contributed by atoms with Gasteiger partial charge in [0.05, 0.1) is 0 Å². The van der Waals surface area contributed by atoms with Crippen LogP contribution in [0, 0.1) is 5.92 Å². The molecule has 0 unspecified atom stereocenters. The standard InChI is InChI=1S/C12H24N4O3S/c1-10-9-14(2)7-8-16(10)12(17)11-3-5-15(6-4-11)20(13,18)19/h10-11H,3-9H2,1-2H3,(H2,13,18,19)/t10-/m0/s1. The van der Waals surface area contributed by atoms with Gasteiger partial charge in [-0.3, -0.25) is 4.79 Å². The van der Waals surface area contributed by atoms with Crippen molar-refractivity contribution in [3.05, 3.63) is 0 Å². The Balaban J connectivity index is 1.92. The summed E-state index contributed by atoms with van der Waals surface area (Å²) in [6.45, 7) is 5.29. The maximum atomic E-state index is 12.5. The smallest absolute Gasteiger partial charge is 0.276 e. The molecule has 7 nitrogen and oxygen atoms in total. The van der Waals surface area contributed by atoms with Crippen molar-refractivity contribution in [2.75, 3.05) is 39.8 Å². The molecule has 2 rings (SSSR count). The summed E-state index contributed by atoms with van der Waals surface area (Å²) in [6, 6.07) is 0.220. The lowest BCUT2D eigenvalue weighted by Gasteiger charge is -2.41. The molecule has 1 atom stereocenters. The maximum Gasteiger partial charge on any atom is 0.276 e. The van der Waals surface area contributed by atoms with Crippen LogP contribution < -0.4 is 5.14 Å². The van der Waals surface area contributed by atoms with Gasteiger partial charge >= 0.3 is 0 Å². The molecule has 2 saturated heterocycles. The van der Waals surface area contributed by atoms with Gasteiger partial charge in [0.1, 0.15) is 0 Å². The van der Waals surface area contributed by atoms with Gasteiger partial charge in [0.15, 0.2) is 0 Å². The molecule has 0 aromatic heterocycles. The van der Waals surface area contributed by atoms with Crippen molar-refractivity contribution in [3.63, 3.8) is 0 Å². The number of hydrogen-bond acceptors (Lipinski definition) is 4. The number of piperazine rings is 1. The maximum absolute atomic E-state index is 12.5. The predicted molar refractivity (Wildman–Crippen MR) is 76.1 cm³/mol. The Morgan fingerprint density at radius 1 is 1.15 bits per heavy atom. The quantitative estimate of drug-likeness (QED) is 0.713. The zero-order chi connectivity index (χ0) is 14.9. The van der Waals surface area contributed by atoms with Gasteiger partial charge in [0, 0.05) is 44.7 Å². The molecule has 0 saturated carbocycles. The molecule has 0 spiro atoms. The Kier molecular flexibility index (Phi) is 4.68. The first kappa shape index (κ1) is 15.7. The van der Waals surface area contributed by atoms with Gasteiger partial charge in [-0.25, -0.2) is 5.14 Å². The highest BCUT2D eigenvalue weighted by atomic mass is 32.2. The van der Waals surface area contributed by atoms with Crippen molar-refractivity contribution in [2.24, 2.45) is 11.1 Å². The number of piperidine rings is 1. The first-order valence-electron chi connectivity index (χ1n) is 7.06. The Hall–Kier alpha value is -0.700. The molecule has 2 fully saturated rings. The van der Waals surface area contributed by atoms with Gasteiger partial charge in [-0.1, -0.05) is 0 Å². The van der Waals surface area contributed by atoms with E-state index in [4.69, 9.17) is 5.14 Å². The van der Waals surface area contributed by atoms with Crippen LogP contribution in [0.15, 0.2) is 0 Å². The molecule has 0 aromatic carbocycles. The lowest BCUT2D eigenvalue weighted by Crippen LogP contribution is -2.55. The lowest BCUT2D eigenvalue weighted by atomic mass is 9.95. The molecule has 1 amide bonds. The van der Waals surface area contributed by atoms with Crippen LogP contribution in [0.2, 0.25) is 0 Å². The van der Waals surface area contributed by atoms with Crippen molar-refractivity contribution >= 4 is 16.1 Å². The summed E-state index contributed by atoms with van der Waals surface area (Å²) in [5, 5.41) is 5.11. The summed E-state index contributed by atoms with van der Waals surface area (Å²) < 4.78 is 23.8. The van der Waals surface area contributed by atoms with E-state index in [-0.39, 0.29) is 17.9 Å². The summed E-state index contributed by atoms with van der Waals surface area (Å²) >= 11 is 0. The highest BCUT2D eigenvalue weighted by Crippen LogP contribution is 2.22. The van der Waals surface area contributed by atoms with E-state index in [0.717, 1.165) is 19.6 Å². The number of hydrogen-bond donors (Lipinski definition) is 1. The number of carbonyl (C=O) groups is 1. The van der Waals surface area contributed by atoms with E-state index in [1.165, 1.54) is 4.31 Å². The number of nitrogens with two attached hydrogens (primary N) is 1. The van der Waals surface area contributed by atoms with Crippen LogP contribution >= 0.6 is 0 Å². The van der Waals surface area contributed by atoms with E-state index in [1.54, 1.807) is 0 Å². The molecule has 116 valence electrons. The number of amides is 1. The fraction of sp³-hybridized carbons (Fsp3) is 0.917. The average molecular weight is 304 g/mol. The Morgan fingerprint density at radius 2 is 1.75 bits per heavy atom. The van der Waals surface area contributed by atoms with Crippen molar-refractivity contribution in [1.82, 2.24) is 14.1 Å². The minimum Gasteiger partial charge on any atom is -0.337 e. The van der Waals surface area contributed by atoms with Gasteiger partial charge in [0.2, 0.25) is 5.91 Å². The molecular formula is C12H24N4O3S. The summed E-state index contributed by atoms with van der Waals surface area (Å²) in [5.74, 6) is 0.0959. The molecule has 2 heterocycles. The van der Waals surface area contributed by atoms with Crippen molar-refractivity contribution in [3.8, 4) is 0 Å². The molecular weight excluding hydrogens is 280 g/mol. The Labute approximate surface area is 120 Å². The van der Waals surface area contributed by atoms with E-state index in [2.05, 4.69) is 18.9 Å². The fourth-order valence-electron chi connectivity index (χ4n) is 3.06. The van der Waals surface area contributed by atoms with Crippen molar-refractivity contribution < 1.29 is 13.2 Å². The minimum absolute atomic E-state index is 0.0705. The zero-order valence-electron chi connectivity index (χ0n) is 12.2. The predicted octanol–water partition coefficient (Wildman–Crippen LogP) is -0.936. The summed E-state index contributed by atoms with van der Waals surface area (Å²) in [6.07, 6.45) is 1.13. The van der Waals surface area contributed by atoms with E-state index in [0.29, 0.717) is 25.9 Å². The van der Waals surface area contributed by atoms with E-state index >= 15 is 0 Å². The monoisotopic (exact) mass is 304 g/mol. The second-order valence-electron chi connectivity index (χ2n) is 5.86. The Bertz CT molecular complexity index is 459. The zero-order valence-corrected chi connectivity index (χ0v) is 13.0. The van der Waals surface area contributed by atoms with E-state index < -0.39 is 10.2 Å². The SMILES string of the molecule is C[C@H]1CN(C)CCN1C(=O)C1CCN(S(N)(=O)=O)CC1. The topological polar surface area (TPSA) is 86.9 Å². The first-order valence-corrected chi connectivity index (χ1v) is 8.56. The highest BCUT2D eigenvalue weighted by molar-refractivity contribution is 7.86. The molecule has 2 aliphatic rings. The minimum atomic E-state index is -3.62. The third-order valence-electron chi connectivity index (χ3n) is 4.28. The van der Waals surface area contributed by atoms with Crippen LogP contribution in [-0.4, -0.2) is 74.2 Å². The number of rotatable bonds is 2. The van der Waals surface area contributed by atoms with Crippen LogP contribution in [0.3, 0.4) is 0 Å². The molecule has 8 heteroatoms. The summed E-state index contributed by atoms with van der Waals surface area (Å²) in [4.78, 5) is 16.7. The normalized spacial score (nSPS) is 27.8. The number of nitrogens with zero attached hydrogens (tertiary/aromatic N) is 3. The first-order chi connectivity index (χ1) is 9.29. The van der Waals surface area contributed by atoms with Gasteiger partial charge in [-0.15, -0.1) is 0 Å². The van der Waals surface area contributed by atoms with Crippen LogP contribution in [0.4, 0.5) is 0 Å². The van der Waals surface area contributed by atoms with Crippen LogP contribution in [0.5, 0.6) is 0 Å². The third kappa shape index (κ3) is 3.49.